The Balaban J connectivity index is 1.56. The molecule has 2 aliphatic heterocycles. The highest BCUT2D eigenvalue weighted by molar-refractivity contribution is 7.90. The van der Waals surface area contributed by atoms with Gasteiger partial charge < -0.3 is 20.3 Å². The zero-order valence-corrected chi connectivity index (χ0v) is 25.7. The van der Waals surface area contributed by atoms with E-state index >= 15 is 0 Å². The Morgan fingerprint density at radius 3 is 2.48 bits per heavy atom. The van der Waals surface area contributed by atoms with Crippen molar-refractivity contribution >= 4 is 45.4 Å². The lowest BCUT2D eigenvalue weighted by Gasteiger charge is -2.30. The van der Waals surface area contributed by atoms with Crippen LogP contribution in [0.2, 0.25) is 5.02 Å². The second-order valence-corrected chi connectivity index (χ2v) is 14.2. The predicted molar refractivity (Wildman–Crippen MR) is 156 cm³/mol. The number of nitrogens with zero attached hydrogens (tertiary/aromatic N) is 1. The standard InChI is InChI=1S/C29H39ClN4O7S/c1-28(2,3)41-27(38)31-22-11-8-6-4-5-7-10-19-18-29(19,32-24(35)23-12-9-17-34(23)25(22)36)26(37)33-42(39,40)21-15-13-20(30)14-16-21/h7,10,13-16,19,22-23H,4-6,8-9,11-12,17-18H2,1-3H3,(H,31,38)(H,32,35)(H,33,37)/t19-,22+,23+,29-/m1/s1. The van der Waals surface area contributed by atoms with Gasteiger partial charge in [0.1, 0.15) is 23.2 Å². The number of carbonyl (C=O) groups excluding carboxylic acids is 4. The summed E-state index contributed by atoms with van der Waals surface area (Å²) in [6.45, 7) is 5.52. The van der Waals surface area contributed by atoms with E-state index in [1.165, 1.54) is 29.2 Å². The first kappa shape index (κ1) is 31.8. The number of nitrogens with one attached hydrogen (secondary N) is 3. The highest BCUT2D eigenvalue weighted by Gasteiger charge is 2.61. The van der Waals surface area contributed by atoms with Gasteiger partial charge in [0.15, 0.2) is 0 Å². The van der Waals surface area contributed by atoms with E-state index in [4.69, 9.17) is 16.3 Å². The molecule has 1 aromatic rings. The van der Waals surface area contributed by atoms with Gasteiger partial charge >= 0.3 is 6.09 Å². The summed E-state index contributed by atoms with van der Waals surface area (Å²) in [5, 5.41) is 5.85. The summed E-state index contributed by atoms with van der Waals surface area (Å²) >= 11 is 5.87. The molecule has 2 fully saturated rings. The van der Waals surface area contributed by atoms with Gasteiger partial charge in [-0.1, -0.05) is 36.6 Å². The molecule has 0 spiro atoms. The van der Waals surface area contributed by atoms with Crippen molar-refractivity contribution in [2.75, 3.05) is 6.54 Å². The predicted octanol–water partition coefficient (Wildman–Crippen LogP) is 3.42. The zero-order chi connectivity index (χ0) is 30.7. The van der Waals surface area contributed by atoms with E-state index in [1.54, 1.807) is 20.8 Å². The Labute approximate surface area is 251 Å². The van der Waals surface area contributed by atoms with Crippen molar-refractivity contribution < 1.29 is 32.3 Å². The normalized spacial score (nSPS) is 27.0. The zero-order valence-electron chi connectivity index (χ0n) is 24.2. The van der Waals surface area contributed by atoms with Crippen LogP contribution in [0.4, 0.5) is 4.79 Å². The summed E-state index contributed by atoms with van der Waals surface area (Å²) in [6.07, 6.45) is 7.64. The monoisotopic (exact) mass is 622 g/mol. The van der Waals surface area contributed by atoms with Gasteiger partial charge in [-0.15, -0.1) is 0 Å². The molecule has 42 heavy (non-hydrogen) atoms. The van der Waals surface area contributed by atoms with Crippen molar-refractivity contribution in [2.45, 2.75) is 100 Å². The van der Waals surface area contributed by atoms with Gasteiger partial charge in [-0.05, 0) is 83.6 Å². The highest BCUT2D eigenvalue weighted by Crippen LogP contribution is 2.45. The first-order valence-electron chi connectivity index (χ1n) is 14.3. The van der Waals surface area contributed by atoms with Crippen molar-refractivity contribution in [2.24, 2.45) is 5.92 Å². The van der Waals surface area contributed by atoms with Crippen LogP contribution in [0.3, 0.4) is 0 Å². The fourth-order valence-electron chi connectivity index (χ4n) is 5.43. The van der Waals surface area contributed by atoms with Crippen LogP contribution in [0.1, 0.15) is 72.1 Å². The van der Waals surface area contributed by atoms with Gasteiger partial charge in [0.2, 0.25) is 11.8 Å². The minimum Gasteiger partial charge on any atom is -0.444 e. The summed E-state index contributed by atoms with van der Waals surface area (Å²) < 4.78 is 33.4. The molecule has 3 aliphatic rings. The molecule has 0 radical (unpaired) electrons. The minimum atomic E-state index is -4.23. The lowest BCUT2D eigenvalue weighted by Crippen LogP contribution is -2.58. The van der Waals surface area contributed by atoms with Crippen LogP contribution in [0.15, 0.2) is 41.3 Å². The Bertz CT molecular complexity index is 1340. The number of ether oxygens (including phenoxy) is 1. The molecule has 0 unspecified atom stereocenters. The maximum Gasteiger partial charge on any atom is 0.408 e. The van der Waals surface area contributed by atoms with Crippen LogP contribution in [-0.4, -0.2) is 66.9 Å². The third-order valence-corrected chi connectivity index (χ3v) is 9.28. The maximum absolute atomic E-state index is 13.7. The largest absolute Gasteiger partial charge is 0.444 e. The first-order chi connectivity index (χ1) is 19.7. The van der Waals surface area contributed by atoms with E-state index < -0.39 is 57.1 Å². The molecule has 1 aromatic carbocycles. The number of carbonyl (C=O) groups is 4. The molecule has 2 heterocycles. The summed E-state index contributed by atoms with van der Waals surface area (Å²) in [5.41, 5.74) is -2.22. The number of benzene rings is 1. The molecule has 1 aliphatic carbocycles. The van der Waals surface area contributed by atoms with E-state index in [9.17, 15) is 27.6 Å². The van der Waals surface area contributed by atoms with Crippen LogP contribution in [0.5, 0.6) is 0 Å². The number of hydrogen-bond donors (Lipinski definition) is 3. The van der Waals surface area contributed by atoms with Gasteiger partial charge in [0.25, 0.3) is 15.9 Å². The molecular weight excluding hydrogens is 584 g/mol. The molecule has 4 rings (SSSR count). The Hall–Kier alpha value is -3.12. The number of sulfonamides is 1. The summed E-state index contributed by atoms with van der Waals surface area (Å²) in [7, 11) is -4.23. The summed E-state index contributed by atoms with van der Waals surface area (Å²) in [5.74, 6) is -2.17. The molecule has 13 heteroatoms. The fourth-order valence-corrected chi connectivity index (χ4v) is 6.59. The molecule has 1 saturated carbocycles. The average molecular weight is 623 g/mol. The molecule has 3 N–H and O–H groups in total. The number of amides is 4. The maximum atomic E-state index is 13.7. The van der Waals surface area contributed by atoms with Crippen molar-refractivity contribution in [3.8, 4) is 0 Å². The second-order valence-electron chi connectivity index (χ2n) is 12.1. The van der Waals surface area contributed by atoms with Crippen LogP contribution >= 0.6 is 11.6 Å². The second kappa shape index (κ2) is 12.6. The summed E-state index contributed by atoms with van der Waals surface area (Å²) in [6, 6.07) is 3.66. The molecule has 11 nitrogen and oxygen atoms in total. The van der Waals surface area contributed by atoms with Crippen LogP contribution in [0, 0.1) is 5.92 Å². The van der Waals surface area contributed by atoms with Crippen molar-refractivity contribution in [1.82, 2.24) is 20.3 Å². The quantitative estimate of drug-likeness (QED) is 0.435. The van der Waals surface area contributed by atoms with Gasteiger partial charge in [0, 0.05) is 17.5 Å². The van der Waals surface area contributed by atoms with E-state index in [1.807, 2.05) is 12.2 Å². The molecule has 0 bridgehead atoms. The molecular formula is C29H39ClN4O7S. The number of fused-ring (bicyclic) bond motifs is 2. The minimum absolute atomic E-state index is 0.135. The number of rotatable bonds is 4. The topological polar surface area (TPSA) is 151 Å². The van der Waals surface area contributed by atoms with Crippen molar-refractivity contribution in [1.29, 1.82) is 0 Å². The molecule has 230 valence electrons. The first-order valence-corrected chi connectivity index (χ1v) is 16.2. The number of hydrogen-bond acceptors (Lipinski definition) is 7. The Kier molecular flexibility index (Phi) is 9.56. The van der Waals surface area contributed by atoms with E-state index in [-0.39, 0.29) is 17.2 Å². The van der Waals surface area contributed by atoms with Gasteiger partial charge in [-0.3, -0.25) is 14.4 Å². The smallest absolute Gasteiger partial charge is 0.408 e. The number of allylic oxidation sites excluding steroid dienone is 1. The van der Waals surface area contributed by atoms with Crippen LogP contribution in [-0.2, 0) is 29.1 Å². The van der Waals surface area contributed by atoms with E-state index in [0.29, 0.717) is 43.7 Å². The molecule has 4 amide bonds. The van der Waals surface area contributed by atoms with E-state index in [0.717, 1.165) is 12.8 Å². The fraction of sp³-hybridized carbons (Fsp3) is 0.586. The Morgan fingerprint density at radius 1 is 1.07 bits per heavy atom. The van der Waals surface area contributed by atoms with Crippen molar-refractivity contribution in [3.63, 3.8) is 0 Å². The van der Waals surface area contributed by atoms with Crippen LogP contribution in [0.25, 0.3) is 0 Å². The molecule has 4 atom stereocenters. The van der Waals surface area contributed by atoms with Gasteiger partial charge in [-0.25, -0.2) is 17.9 Å². The number of halogens is 1. The molecule has 0 aromatic heterocycles. The van der Waals surface area contributed by atoms with Crippen LogP contribution < -0.4 is 15.4 Å². The van der Waals surface area contributed by atoms with E-state index in [2.05, 4.69) is 15.4 Å². The van der Waals surface area contributed by atoms with Gasteiger partial charge in [-0.2, -0.15) is 0 Å². The lowest BCUT2D eigenvalue weighted by atomic mass is 10.0. The van der Waals surface area contributed by atoms with Crippen molar-refractivity contribution in [3.05, 3.63) is 41.4 Å². The lowest BCUT2D eigenvalue weighted by molar-refractivity contribution is -0.141. The SMILES string of the molecule is CC(C)(C)OC(=O)N[C@H]1CCCCCC=C[C@@H]2C[C@@]2(C(=O)NS(=O)(=O)c2ccc(Cl)cc2)NC(=O)[C@@H]2CCCN2C1=O. The average Bonchev–Trinajstić information content (AvgIpc) is 3.35. The summed E-state index contributed by atoms with van der Waals surface area (Å²) in [4.78, 5) is 54.7. The number of alkyl carbamates (subject to hydrolysis) is 1. The molecule has 1 saturated heterocycles. The highest BCUT2D eigenvalue weighted by atomic mass is 35.5. The Morgan fingerprint density at radius 2 is 1.79 bits per heavy atom. The third kappa shape index (κ3) is 7.63. The third-order valence-electron chi connectivity index (χ3n) is 7.68. The van der Waals surface area contributed by atoms with Gasteiger partial charge in [0.05, 0.1) is 4.90 Å².